The van der Waals surface area contributed by atoms with E-state index >= 15 is 0 Å². The van der Waals surface area contributed by atoms with Gasteiger partial charge in [-0.2, -0.15) is 0 Å². The van der Waals surface area contributed by atoms with E-state index in [-0.39, 0.29) is 5.82 Å². The number of nitrogens with one attached hydrogen (secondary N) is 2. The molecular formula is C15H22FN3. The van der Waals surface area contributed by atoms with Crippen LogP contribution in [0.4, 0.5) is 10.3 Å². The molecule has 0 aliphatic heterocycles. The summed E-state index contributed by atoms with van der Waals surface area (Å²) in [7, 11) is 0. The summed E-state index contributed by atoms with van der Waals surface area (Å²) in [5.41, 5.74) is 1.54. The van der Waals surface area contributed by atoms with Crippen molar-refractivity contribution in [2.75, 3.05) is 11.9 Å². The van der Waals surface area contributed by atoms with Gasteiger partial charge in [0, 0.05) is 6.54 Å². The monoisotopic (exact) mass is 263 g/mol. The highest BCUT2D eigenvalue weighted by Gasteiger charge is 2.08. The lowest BCUT2D eigenvalue weighted by Gasteiger charge is -2.14. The standard InChI is InChI=1S/C15H22FN3/c1-3-5-6-11(4-2)10-17-15-18-13-8-7-12(16)9-14(13)19-15/h7-9,11H,3-6,10H2,1-2H3,(H2,17,18,19). The molecule has 0 bridgehead atoms. The highest BCUT2D eigenvalue weighted by molar-refractivity contribution is 5.77. The molecule has 0 radical (unpaired) electrons. The highest BCUT2D eigenvalue weighted by atomic mass is 19.1. The average molecular weight is 263 g/mol. The van der Waals surface area contributed by atoms with Gasteiger partial charge in [0.1, 0.15) is 5.82 Å². The molecule has 0 spiro atoms. The lowest BCUT2D eigenvalue weighted by atomic mass is 9.99. The Labute approximate surface area is 113 Å². The minimum atomic E-state index is -0.239. The van der Waals surface area contributed by atoms with E-state index < -0.39 is 0 Å². The fourth-order valence-electron chi connectivity index (χ4n) is 2.25. The Morgan fingerprint density at radius 1 is 1.37 bits per heavy atom. The first kappa shape index (κ1) is 13.8. The summed E-state index contributed by atoms with van der Waals surface area (Å²) < 4.78 is 13.1. The van der Waals surface area contributed by atoms with Crippen LogP contribution in [0.25, 0.3) is 11.0 Å². The number of H-pyrrole nitrogens is 1. The number of nitrogens with zero attached hydrogens (tertiary/aromatic N) is 1. The summed E-state index contributed by atoms with van der Waals surface area (Å²) >= 11 is 0. The van der Waals surface area contributed by atoms with E-state index in [4.69, 9.17) is 0 Å². The predicted octanol–water partition coefficient (Wildman–Crippen LogP) is 4.33. The number of fused-ring (bicyclic) bond motifs is 1. The Bertz CT molecular complexity index is 521. The molecule has 4 heteroatoms. The van der Waals surface area contributed by atoms with Crippen LogP contribution in [0.2, 0.25) is 0 Å². The topological polar surface area (TPSA) is 40.7 Å². The third-order valence-electron chi connectivity index (χ3n) is 3.55. The van der Waals surface area contributed by atoms with Crippen molar-refractivity contribution in [2.45, 2.75) is 39.5 Å². The summed E-state index contributed by atoms with van der Waals surface area (Å²) in [5.74, 6) is 1.16. The second-order valence-corrected chi connectivity index (χ2v) is 5.04. The summed E-state index contributed by atoms with van der Waals surface area (Å²) in [6, 6.07) is 4.60. The van der Waals surface area contributed by atoms with E-state index in [1.165, 1.54) is 37.8 Å². The smallest absolute Gasteiger partial charge is 0.201 e. The Kier molecular flexibility index (Phi) is 4.77. The minimum absolute atomic E-state index is 0.239. The van der Waals surface area contributed by atoms with Crippen LogP contribution in [-0.2, 0) is 0 Å². The molecule has 0 fully saturated rings. The number of rotatable bonds is 7. The molecule has 2 rings (SSSR count). The van der Waals surface area contributed by atoms with Gasteiger partial charge >= 0.3 is 0 Å². The van der Waals surface area contributed by atoms with E-state index in [0.717, 1.165) is 23.5 Å². The van der Waals surface area contributed by atoms with E-state index in [9.17, 15) is 4.39 Å². The van der Waals surface area contributed by atoms with Crippen molar-refractivity contribution in [2.24, 2.45) is 5.92 Å². The third kappa shape index (κ3) is 3.69. The predicted molar refractivity (Wildman–Crippen MR) is 77.8 cm³/mol. The Balaban J connectivity index is 1.97. The van der Waals surface area contributed by atoms with Crippen LogP contribution < -0.4 is 5.32 Å². The quantitative estimate of drug-likeness (QED) is 0.780. The molecular weight excluding hydrogens is 241 g/mol. The lowest BCUT2D eigenvalue weighted by Crippen LogP contribution is -2.14. The molecule has 3 nitrogen and oxygen atoms in total. The fraction of sp³-hybridized carbons (Fsp3) is 0.533. The first-order chi connectivity index (χ1) is 9.22. The number of aromatic nitrogens is 2. The molecule has 0 saturated carbocycles. The van der Waals surface area contributed by atoms with Crippen molar-refractivity contribution in [1.82, 2.24) is 9.97 Å². The van der Waals surface area contributed by atoms with Crippen molar-refractivity contribution < 1.29 is 4.39 Å². The van der Waals surface area contributed by atoms with Gasteiger partial charge in [-0.1, -0.05) is 33.1 Å². The van der Waals surface area contributed by atoms with Crippen molar-refractivity contribution in [1.29, 1.82) is 0 Å². The van der Waals surface area contributed by atoms with Gasteiger partial charge < -0.3 is 10.3 Å². The number of hydrogen-bond donors (Lipinski definition) is 2. The van der Waals surface area contributed by atoms with E-state index in [2.05, 4.69) is 29.1 Å². The Hall–Kier alpha value is -1.58. The Morgan fingerprint density at radius 3 is 2.95 bits per heavy atom. The molecule has 2 aromatic rings. The van der Waals surface area contributed by atoms with Gasteiger partial charge in [-0.05, 0) is 30.5 Å². The number of aromatic amines is 1. The third-order valence-corrected chi connectivity index (χ3v) is 3.55. The van der Waals surface area contributed by atoms with E-state index in [1.54, 1.807) is 6.07 Å². The van der Waals surface area contributed by atoms with Crippen molar-refractivity contribution in [3.8, 4) is 0 Å². The van der Waals surface area contributed by atoms with Crippen LogP contribution in [0.3, 0.4) is 0 Å². The second-order valence-electron chi connectivity index (χ2n) is 5.04. The number of imidazole rings is 1. The zero-order valence-corrected chi connectivity index (χ0v) is 11.7. The van der Waals surface area contributed by atoms with Gasteiger partial charge in [0.2, 0.25) is 5.95 Å². The van der Waals surface area contributed by atoms with E-state index in [0.29, 0.717) is 5.92 Å². The van der Waals surface area contributed by atoms with Crippen molar-refractivity contribution in [3.63, 3.8) is 0 Å². The summed E-state index contributed by atoms with van der Waals surface area (Å²) in [5, 5.41) is 3.32. The van der Waals surface area contributed by atoms with Gasteiger partial charge in [0.05, 0.1) is 11.0 Å². The SMILES string of the molecule is CCCCC(CC)CNc1nc2ccc(F)cc2[nH]1. The van der Waals surface area contributed by atoms with Crippen molar-refractivity contribution >= 4 is 17.0 Å². The number of anilines is 1. The van der Waals surface area contributed by atoms with Crippen molar-refractivity contribution in [3.05, 3.63) is 24.0 Å². The van der Waals surface area contributed by atoms with Gasteiger partial charge in [0.15, 0.2) is 0 Å². The maximum Gasteiger partial charge on any atom is 0.201 e. The Morgan fingerprint density at radius 2 is 2.21 bits per heavy atom. The van der Waals surface area contributed by atoms with Gasteiger partial charge in [-0.15, -0.1) is 0 Å². The molecule has 0 amide bonds. The molecule has 1 aromatic heterocycles. The summed E-state index contributed by atoms with van der Waals surface area (Å²) in [6.45, 7) is 5.35. The molecule has 1 aromatic carbocycles. The van der Waals surface area contributed by atoms with E-state index in [1.807, 2.05) is 0 Å². The second kappa shape index (κ2) is 6.55. The normalized spacial score (nSPS) is 12.8. The fourth-order valence-corrected chi connectivity index (χ4v) is 2.25. The zero-order chi connectivity index (χ0) is 13.7. The number of hydrogen-bond acceptors (Lipinski definition) is 2. The average Bonchev–Trinajstić information content (AvgIpc) is 2.81. The summed E-state index contributed by atoms with van der Waals surface area (Å²) in [4.78, 5) is 7.52. The van der Waals surface area contributed by atoms with Gasteiger partial charge in [-0.3, -0.25) is 0 Å². The first-order valence-electron chi connectivity index (χ1n) is 7.12. The maximum atomic E-state index is 13.1. The van der Waals surface area contributed by atoms with Crippen LogP contribution in [0.1, 0.15) is 39.5 Å². The molecule has 2 N–H and O–H groups in total. The molecule has 104 valence electrons. The largest absolute Gasteiger partial charge is 0.356 e. The molecule has 1 heterocycles. The minimum Gasteiger partial charge on any atom is -0.356 e. The molecule has 19 heavy (non-hydrogen) atoms. The van der Waals surface area contributed by atoms with Crippen LogP contribution in [-0.4, -0.2) is 16.5 Å². The molecule has 1 atom stereocenters. The maximum absolute atomic E-state index is 13.1. The van der Waals surface area contributed by atoms with Crippen LogP contribution in [0.15, 0.2) is 18.2 Å². The van der Waals surface area contributed by atoms with Crippen LogP contribution >= 0.6 is 0 Å². The van der Waals surface area contributed by atoms with Crippen LogP contribution in [0.5, 0.6) is 0 Å². The molecule has 0 aliphatic carbocycles. The molecule has 1 unspecified atom stereocenters. The number of benzene rings is 1. The van der Waals surface area contributed by atoms with Gasteiger partial charge in [0.25, 0.3) is 0 Å². The first-order valence-corrected chi connectivity index (χ1v) is 7.12. The zero-order valence-electron chi connectivity index (χ0n) is 11.7. The summed E-state index contributed by atoms with van der Waals surface area (Å²) in [6.07, 6.45) is 4.92. The molecule has 0 aliphatic rings. The highest BCUT2D eigenvalue weighted by Crippen LogP contribution is 2.17. The molecule has 0 saturated heterocycles. The van der Waals surface area contributed by atoms with Crippen LogP contribution in [0, 0.1) is 11.7 Å². The number of halogens is 1. The number of unbranched alkanes of at least 4 members (excludes halogenated alkanes) is 1. The lowest BCUT2D eigenvalue weighted by molar-refractivity contribution is 0.472. The van der Waals surface area contributed by atoms with Gasteiger partial charge in [-0.25, -0.2) is 9.37 Å².